The van der Waals surface area contributed by atoms with Crippen molar-refractivity contribution in [3.63, 3.8) is 0 Å². The van der Waals surface area contributed by atoms with E-state index in [1.807, 2.05) is 6.07 Å². The molecule has 1 atom stereocenters. The van der Waals surface area contributed by atoms with Gasteiger partial charge < -0.3 is 10.1 Å². The van der Waals surface area contributed by atoms with Gasteiger partial charge in [-0.2, -0.15) is 5.10 Å². The second kappa shape index (κ2) is 8.03. The van der Waals surface area contributed by atoms with E-state index >= 15 is 0 Å². The lowest BCUT2D eigenvalue weighted by Gasteiger charge is -2.23. The third-order valence-electron chi connectivity index (χ3n) is 3.77. The molecule has 0 bridgehead atoms. The Morgan fingerprint density at radius 2 is 2.19 bits per heavy atom. The fourth-order valence-electron chi connectivity index (χ4n) is 2.69. The maximum atomic E-state index is 12.2. The lowest BCUT2D eigenvalue weighted by molar-refractivity contribution is -0.384. The lowest BCUT2D eigenvalue weighted by atomic mass is 9.99. The number of nitrogens with zero attached hydrogens (tertiary/aromatic N) is 3. The molecule has 1 N–H and O–H groups in total. The molecular formula is C19H24N4O4. The van der Waals surface area contributed by atoms with Gasteiger partial charge in [0, 0.05) is 12.6 Å². The highest BCUT2D eigenvalue weighted by Gasteiger charge is 2.23. The van der Waals surface area contributed by atoms with E-state index in [2.05, 4.69) is 17.0 Å². The van der Waals surface area contributed by atoms with Crippen LogP contribution in [-0.4, -0.2) is 26.4 Å². The Morgan fingerprint density at radius 3 is 2.78 bits per heavy atom. The first-order valence-electron chi connectivity index (χ1n) is 8.49. The van der Waals surface area contributed by atoms with Gasteiger partial charge in [-0.05, 0) is 38.8 Å². The molecule has 0 radical (unpaired) electrons. The van der Waals surface area contributed by atoms with Gasteiger partial charge >= 0.3 is 11.8 Å². The predicted molar refractivity (Wildman–Crippen MR) is 102 cm³/mol. The first kappa shape index (κ1) is 20.2. The van der Waals surface area contributed by atoms with Crippen LogP contribution < -0.4 is 5.32 Å². The van der Waals surface area contributed by atoms with Crippen molar-refractivity contribution in [2.45, 2.75) is 38.8 Å². The van der Waals surface area contributed by atoms with Gasteiger partial charge in [-0.25, -0.2) is 4.79 Å². The molecule has 0 aliphatic rings. The molecule has 1 unspecified atom stereocenters. The fourth-order valence-corrected chi connectivity index (χ4v) is 2.69. The van der Waals surface area contributed by atoms with E-state index in [4.69, 9.17) is 4.74 Å². The molecule has 0 saturated carbocycles. The third-order valence-corrected chi connectivity index (χ3v) is 3.77. The smallest absolute Gasteiger partial charge is 0.408 e. The topological polar surface area (TPSA) is 99.3 Å². The average Bonchev–Trinajstić information content (AvgIpc) is 2.95. The highest BCUT2D eigenvalue weighted by molar-refractivity contribution is 5.71. The van der Waals surface area contributed by atoms with Gasteiger partial charge in [0.1, 0.15) is 17.5 Å². The zero-order valence-electron chi connectivity index (χ0n) is 15.9. The summed E-state index contributed by atoms with van der Waals surface area (Å²) in [6.07, 6.45) is 2.87. The van der Waals surface area contributed by atoms with Crippen LogP contribution in [0, 0.1) is 10.1 Å². The number of rotatable bonds is 6. The van der Waals surface area contributed by atoms with Gasteiger partial charge in [0.25, 0.3) is 0 Å². The zero-order chi connectivity index (χ0) is 20.2. The van der Waals surface area contributed by atoms with E-state index in [1.54, 1.807) is 52.1 Å². The molecule has 27 heavy (non-hydrogen) atoms. The molecule has 2 aromatic rings. The van der Waals surface area contributed by atoms with Crippen LogP contribution in [-0.2, 0) is 11.8 Å². The number of benzene rings is 1. The van der Waals surface area contributed by atoms with Crippen LogP contribution in [0.15, 0.2) is 43.1 Å². The monoisotopic (exact) mass is 372 g/mol. The van der Waals surface area contributed by atoms with Gasteiger partial charge in [0.2, 0.25) is 0 Å². The molecule has 0 aliphatic carbocycles. The van der Waals surface area contributed by atoms with Crippen LogP contribution in [0.25, 0.3) is 11.3 Å². The van der Waals surface area contributed by atoms with Gasteiger partial charge in [-0.1, -0.05) is 24.3 Å². The summed E-state index contributed by atoms with van der Waals surface area (Å²) >= 11 is 0. The Morgan fingerprint density at radius 1 is 1.48 bits per heavy atom. The van der Waals surface area contributed by atoms with Crippen molar-refractivity contribution in [1.29, 1.82) is 0 Å². The Hall–Kier alpha value is -3.16. The molecule has 0 aliphatic heterocycles. The number of hydrogen-bond acceptors (Lipinski definition) is 5. The Labute approximate surface area is 158 Å². The summed E-state index contributed by atoms with van der Waals surface area (Å²) in [5.74, 6) is 0. The first-order valence-corrected chi connectivity index (χ1v) is 8.49. The number of aryl methyl sites for hydroxylation is 1. The van der Waals surface area contributed by atoms with Crippen LogP contribution in [0.3, 0.4) is 0 Å². The molecule has 0 fully saturated rings. The van der Waals surface area contributed by atoms with Crippen molar-refractivity contribution in [1.82, 2.24) is 15.1 Å². The number of nitro groups is 1. The van der Waals surface area contributed by atoms with Crippen molar-refractivity contribution in [2.24, 2.45) is 7.05 Å². The SMILES string of the molecule is C=CCC(NC(=O)OC(C)(C)C)c1cccc(-c2c([N+](=O)[O-])cnn2C)c1. The minimum atomic E-state index is -0.611. The summed E-state index contributed by atoms with van der Waals surface area (Å²) < 4.78 is 6.78. The highest BCUT2D eigenvalue weighted by atomic mass is 16.6. The number of hydrogen-bond donors (Lipinski definition) is 1. The van der Waals surface area contributed by atoms with Gasteiger partial charge in [-0.15, -0.1) is 6.58 Å². The average molecular weight is 372 g/mol. The summed E-state index contributed by atoms with van der Waals surface area (Å²) in [6, 6.07) is 6.83. The number of nitrogens with one attached hydrogen (secondary N) is 1. The summed E-state index contributed by atoms with van der Waals surface area (Å²) in [4.78, 5) is 23.0. The number of amides is 1. The zero-order valence-corrected chi connectivity index (χ0v) is 15.9. The molecule has 144 valence electrons. The number of carbonyl (C=O) groups excluding carboxylic acids is 1. The second-order valence-corrected chi connectivity index (χ2v) is 7.11. The summed E-state index contributed by atoms with van der Waals surface area (Å²) in [5, 5.41) is 18.1. The summed E-state index contributed by atoms with van der Waals surface area (Å²) in [6.45, 7) is 9.10. The number of aromatic nitrogens is 2. The van der Waals surface area contributed by atoms with E-state index in [1.165, 1.54) is 10.9 Å². The van der Waals surface area contributed by atoms with E-state index in [0.717, 1.165) is 5.56 Å². The van der Waals surface area contributed by atoms with E-state index in [9.17, 15) is 14.9 Å². The first-order chi connectivity index (χ1) is 12.6. The minimum absolute atomic E-state index is 0.0741. The van der Waals surface area contributed by atoms with Gasteiger partial charge in [0.05, 0.1) is 11.0 Å². The molecule has 0 spiro atoms. The summed E-state index contributed by atoms with van der Waals surface area (Å²) in [5.41, 5.74) is 1.14. The second-order valence-electron chi connectivity index (χ2n) is 7.11. The molecular weight excluding hydrogens is 348 g/mol. The highest BCUT2D eigenvalue weighted by Crippen LogP contribution is 2.31. The van der Waals surface area contributed by atoms with Crippen LogP contribution in [0.4, 0.5) is 10.5 Å². The molecule has 0 saturated heterocycles. The maximum Gasteiger partial charge on any atom is 0.408 e. The number of ether oxygens (including phenoxy) is 1. The molecule has 8 heteroatoms. The predicted octanol–water partition coefficient (Wildman–Crippen LogP) is 4.14. The summed E-state index contributed by atoms with van der Waals surface area (Å²) in [7, 11) is 1.65. The molecule has 8 nitrogen and oxygen atoms in total. The van der Waals surface area contributed by atoms with Crippen molar-refractivity contribution in [2.75, 3.05) is 0 Å². The van der Waals surface area contributed by atoms with Gasteiger partial charge in [0.15, 0.2) is 0 Å². The van der Waals surface area contributed by atoms with Crippen molar-refractivity contribution >= 4 is 11.8 Å². The third kappa shape index (κ3) is 5.16. The van der Waals surface area contributed by atoms with Crippen LogP contribution in [0.5, 0.6) is 0 Å². The minimum Gasteiger partial charge on any atom is -0.444 e. The van der Waals surface area contributed by atoms with E-state index in [-0.39, 0.29) is 11.7 Å². The fraction of sp³-hybridized carbons (Fsp3) is 0.368. The van der Waals surface area contributed by atoms with Gasteiger partial charge in [-0.3, -0.25) is 14.8 Å². The quantitative estimate of drug-likeness (QED) is 0.467. The van der Waals surface area contributed by atoms with Crippen LogP contribution in [0.2, 0.25) is 0 Å². The Kier molecular flexibility index (Phi) is 5.99. The normalized spacial score (nSPS) is 12.3. The molecule has 2 rings (SSSR count). The largest absolute Gasteiger partial charge is 0.444 e. The van der Waals surface area contributed by atoms with E-state index in [0.29, 0.717) is 17.7 Å². The van der Waals surface area contributed by atoms with E-state index < -0.39 is 16.6 Å². The molecule has 1 aromatic heterocycles. The standard InChI is InChI=1S/C19H24N4O4/c1-6-8-15(21-18(24)27-19(2,3)4)13-9-7-10-14(11-13)17-16(23(25)26)12-20-22(17)5/h6-7,9-12,15H,1,8H2,2-5H3,(H,21,24). The van der Waals surface area contributed by atoms with Crippen LogP contribution in [0.1, 0.15) is 38.8 Å². The lowest BCUT2D eigenvalue weighted by Crippen LogP contribution is -2.34. The number of carbonyl (C=O) groups is 1. The van der Waals surface area contributed by atoms with Crippen molar-refractivity contribution in [3.05, 3.63) is 58.8 Å². The molecule has 1 amide bonds. The van der Waals surface area contributed by atoms with Crippen LogP contribution >= 0.6 is 0 Å². The Bertz CT molecular complexity index is 852. The maximum absolute atomic E-state index is 12.2. The number of alkyl carbamates (subject to hydrolysis) is 1. The molecule has 1 aromatic carbocycles. The Balaban J connectivity index is 2.36. The van der Waals surface area contributed by atoms with Crippen molar-refractivity contribution in [3.8, 4) is 11.3 Å². The molecule has 1 heterocycles. The van der Waals surface area contributed by atoms with Crippen molar-refractivity contribution < 1.29 is 14.5 Å².